The lowest BCUT2D eigenvalue weighted by molar-refractivity contribution is -0.141. The van der Waals surface area contributed by atoms with Crippen LogP contribution < -0.4 is 15.8 Å². The normalized spacial score (nSPS) is 16.1. The highest BCUT2D eigenvalue weighted by Crippen LogP contribution is 2.37. The number of hydrogen-bond acceptors (Lipinski definition) is 8. The van der Waals surface area contributed by atoms with Gasteiger partial charge in [-0.2, -0.15) is 18.2 Å². The van der Waals surface area contributed by atoms with Crippen LogP contribution in [0.3, 0.4) is 0 Å². The summed E-state index contributed by atoms with van der Waals surface area (Å²) in [6.45, 7) is 0.808. The molecular weight excluding hydrogens is 487 g/mol. The van der Waals surface area contributed by atoms with Crippen molar-refractivity contribution in [1.29, 1.82) is 0 Å². The van der Waals surface area contributed by atoms with Gasteiger partial charge in [0.25, 0.3) is 0 Å². The van der Waals surface area contributed by atoms with Crippen LogP contribution in [0.15, 0.2) is 36.7 Å². The molecule has 1 saturated heterocycles. The number of aryl methyl sites for hydroxylation is 1. The van der Waals surface area contributed by atoms with Crippen LogP contribution in [-0.4, -0.2) is 37.7 Å². The molecule has 0 aliphatic carbocycles. The molecule has 1 aliphatic heterocycles. The second-order valence-electron chi connectivity index (χ2n) is 7.97. The van der Waals surface area contributed by atoms with E-state index in [9.17, 15) is 13.2 Å². The van der Waals surface area contributed by atoms with Crippen LogP contribution >= 0.6 is 11.6 Å². The quantitative estimate of drug-likeness (QED) is 0.387. The summed E-state index contributed by atoms with van der Waals surface area (Å²) in [4.78, 5) is 16.4. The standard InChI is InChI=1S/C22H19ClF3N7O2/c1-33-19-18(23)15(35-13-2-4-28-17(27)8-13)9-29-20(19)32-21(33)30-12-6-14(11-3-5-34-10-11)31-16(7-12)22(24,25)26/h2,4,6-9,11H,3,5,10H2,1H3,(H2,27,28)(H,29,30,31,32). The highest BCUT2D eigenvalue weighted by molar-refractivity contribution is 6.36. The first-order valence-electron chi connectivity index (χ1n) is 10.5. The number of pyridine rings is 3. The molecule has 5 heterocycles. The Morgan fingerprint density at radius 3 is 2.77 bits per heavy atom. The van der Waals surface area contributed by atoms with Crippen LogP contribution in [0.1, 0.15) is 23.7 Å². The van der Waals surface area contributed by atoms with Crippen molar-refractivity contribution in [2.45, 2.75) is 18.5 Å². The van der Waals surface area contributed by atoms with Gasteiger partial charge in [0.1, 0.15) is 27.8 Å². The zero-order valence-electron chi connectivity index (χ0n) is 18.3. The van der Waals surface area contributed by atoms with E-state index in [1.807, 2.05) is 0 Å². The first kappa shape index (κ1) is 23.1. The minimum Gasteiger partial charge on any atom is -0.454 e. The number of nitrogens with one attached hydrogen (secondary N) is 1. The average molecular weight is 506 g/mol. The average Bonchev–Trinajstić information content (AvgIpc) is 3.44. The highest BCUT2D eigenvalue weighted by Gasteiger charge is 2.34. The van der Waals surface area contributed by atoms with Gasteiger partial charge in [-0.1, -0.05) is 11.6 Å². The van der Waals surface area contributed by atoms with E-state index in [0.29, 0.717) is 36.6 Å². The molecule has 0 amide bonds. The maximum atomic E-state index is 13.5. The molecule has 1 unspecified atom stereocenters. The zero-order valence-corrected chi connectivity index (χ0v) is 19.1. The summed E-state index contributed by atoms with van der Waals surface area (Å²) in [5, 5.41) is 3.17. The van der Waals surface area contributed by atoms with Crippen LogP contribution in [0.4, 0.5) is 30.6 Å². The van der Waals surface area contributed by atoms with Crippen LogP contribution in [0, 0.1) is 0 Å². The van der Waals surface area contributed by atoms with Gasteiger partial charge in [0.2, 0.25) is 5.95 Å². The molecule has 35 heavy (non-hydrogen) atoms. The molecule has 1 aliphatic rings. The van der Waals surface area contributed by atoms with Crippen LogP contribution in [0.25, 0.3) is 11.2 Å². The minimum atomic E-state index is -4.61. The van der Waals surface area contributed by atoms with Gasteiger partial charge >= 0.3 is 6.18 Å². The topological polar surface area (TPSA) is 113 Å². The first-order valence-corrected chi connectivity index (χ1v) is 10.9. The number of anilines is 3. The number of imidazole rings is 1. The van der Waals surface area contributed by atoms with Gasteiger partial charge in [-0.25, -0.2) is 15.0 Å². The van der Waals surface area contributed by atoms with Crippen LogP contribution in [0.2, 0.25) is 5.02 Å². The number of aromatic nitrogens is 5. The van der Waals surface area contributed by atoms with E-state index in [0.717, 1.165) is 6.07 Å². The number of rotatable bonds is 5. The van der Waals surface area contributed by atoms with Gasteiger partial charge in [0.05, 0.1) is 12.8 Å². The Hall–Kier alpha value is -3.64. The molecule has 0 radical (unpaired) electrons. The third kappa shape index (κ3) is 4.66. The number of alkyl halides is 3. The Bertz CT molecular complexity index is 1400. The van der Waals surface area contributed by atoms with Crippen molar-refractivity contribution in [3.8, 4) is 11.5 Å². The van der Waals surface area contributed by atoms with E-state index < -0.39 is 11.9 Å². The molecule has 0 saturated carbocycles. The van der Waals surface area contributed by atoms with E-state index in [-0.39, 0.29) is 39.8 Å². The van der Waals surface area contributed by atoms with E-state index in [1.54, 1.807) is 23.7 Å². The number of nitrogens with two attached hydrogens (primary N) is 1. The summed E-state index contributed by atoms with van der Waals surface area (Å²) in [7, 11) is 1.66. The fourth-order valence-corrected chi connectivity index (χ4v) is 4.09. The summed E-state index contributed by atoms with van der Waals surface area (Å²) in [6.07, 6.45) is -1.10. The number of nitrogens with zero attached hydrogens (tertiary/aromatic N) is 5. The van der Waals surface area contributed by atoms with Crippen molar-refractivity contribution in [2.75, 3.05) is 24.3 Å². The predicted octanol–water partition coefficient (Wildman–Crippen LogP) is 5.05. The van der Waals surface area contributed by atoms with Gasteiger partial charge in [-0.15, -0.1) is 0 Å². The minimum absolute atomic E-state index is 0.187. The Morgan fingerprint density at radius 2 is 2.06 bits per heavy atom. The number of hydrogen-bond donors (Lipinski definition) is 2. The fourth-order valence-electron chi connectivity index (χ4n) is 3.79. The first-order chi connectivity index (χ1) is 16.7. The Kier molecular flexibility index (Phi) is 5.85. The predicted molar refractivity (Wildman–Crippen MR) is 123 cm³/mol. The van der Waals surface area contributed by atoms with Crippen molar-refractivity contribution in [1.82, 2.24) is 24.5 Å². The molecule has 13 heteroatoms. The molecule has 4 aromatic rings. The van der Waals surface area contributed by atoms with Crippen LogP contribution in [-0.2, 0) is 18.0 Å². The number of ether oxygens (including phenoxy) is 2. The SMILES string of the molecule is Cn1c(Nc2cc(C3CCOC3)nc(C(F)(F)F)c2)nc2ncc(Oc3ccnc(N)c3)c(Cl)c21. The van der Waals surface area contributed by atoms with Gasteiger partial charge < -0.3 is 25.1 Å². The molecule has 0 spiro atoms. The molecule has 1 fully saturated rings. The lowest BCUT2D eigenvalue weighted by Gasteiger charge is -2.15. The Labute approximate surface area is 202 Å². The van der Waals surface area contributed by atoms with Gasteiger partial charge in [0, 0.05) is 43.2 Å². The maximum absolute atomic E-state index is 13.5. The third-order valence-corrected chi connectivity index (χ3v) is 5.89. The highest BCUT2D eigenvalue weighted by atomic mass is 35.5. The summed E-state index contributed by atoms with van der Waals surface area (Å²) in [6, 6.07) is 5.66. The number of nitrogen functional groups attached to an aromatic ring is 1. The lowest BCUT2D eigenvalue weighted by Crippen LogP contribution is -2.13. The van der Waals surface area contributed by atoms with Crippen molar-refractivity contribution < 1.29 is 22.6 Å². The Balaban J connectivity index is 1.50. The largest absolute Gasteiger partial charge is 0.454 e. The van der Waals surface area contributed by atoms with E-state index >= 15 is 0 Å². The lowest BCUT2D eigenvalue weighted by atomic mass is 10.0. The monoisotopic (exact) mass is 505 g/mol. The number of halogens is 4. The van der Waals surface area contributed by atoms with Gasteiger partial charge in [-0.3, -0.25) is 0 Å². The Morgan fingerprint density at radius 1 is 1.23 bits per heavy atom. The molecule has 9 nitrogen and oxygen atoms in total. The molecular formula is C22H19ClF3N7O2. The third-order valence-electron chi connectivity index (χ3n) is 5.53. The van der Waals surface area contributed by atoms with Crippen molar-refractivity contribution >= 4 is 40.2 Å². The summed E-state index contributed by atoms with van der Waals surface area (Å²) in [5.41, 5.74) is 5.91. The smallest absolute Gasteiger partial charge is 0.433 e. The summed E-state index contributed by atoms with van der Waals surface area (Å²) >= 11 is 6.58. The molecule has 0 aromatic carbocycles. The van der Waals surface area contributed by atoms with Crippen molar-refractivity contribution in [2.24, 2.45) is 7.05 Å². The van der Waals surface area contributed by atoms with E-state index in [4.69, 9.17) is 26.8 Å². The van der Waals surface area contributed by atoms with Gasteiger partial charge in [-0.05, 0) is 24.6 Å². The molecule has 4 aromatic heterocycles. The second-order valence-corrected chi connectivity index (χ2v) is 8.35. The maximum Gasteiger partial charge on any atom is 0.433 e. The fraction of sp³-hybridized carbons (Fsp3) is 0.273. The summed E-state index contributed by atoms with van der Waals surface area (Å²) < 4.78 is 53.3. The zero-order chi connectivity index (χ0) is 24.7. The molecule has 5 rings (SSSR count). The number of fused-ring (bicyclic) bond motifs is 1. The van der Waals surface area contributed by atoms with Crippen molar-refractivity contribution in [3.63, 3.8) is 0 Å². The summed E-state index contributed by atoms with van der Waals surface area (Å²) in [5.74, 6) is 0.981. The molecule has 3 N–H and O–H groups in total. The van der Waals surface area contributed by atoms with E-state index in [2.05, 4.69) is 25.3 Å². The second kappa shape index (κ2) is 8.86. The molecule has 0 bridgehead atoms. The van der Waals surface area contributed by atoms with E-state index in [1.165, 1.54) is 18.5 Å². The van der Waals surface area contributed by atoms with Crippen molar-refractivity contribution in [3.05, 3.63) is 53.1 Å². The van der Waals surface area contributed by atoms with Crippen LogP contribution in [0.5, 0.6) is 11.5 Å². The molecule has 182 valence electrons. The van der Waals surface area contributed by atoms with Gasteiger partial charge in [0.15, 0.2) is 11.4 Å². The molecule has 1 atom stereocenters.